The first-order chi connectivity index (χ1) is 11.0. The average Bonchev–Trinajstić information content (AvgIpc) is 2.53. The molecule has 0 saturated heterocycles. The number of nitrogens with one attached hydrogen (secondary N) is 1. The van der Waals surface area contributed by atoms with E-state index in [1.807, 2.05) is 24.3 Å². The summed E-state index contributed by atoms with van der Waals surface area (Å²) in [5.41, 5.74) is 1.87. The van der Waals surface area contributed by atoms with E-state index in [9.17, 15) is 9.18 Å². The minimum atomic E-state index is -1.83. The summed E-state index contributed by atoms with van der Waals surface area (Å²) in [6.07, 6.45) is 0. The summed E-state index contributed by atoms with van der Waals surface area (Å²) < 4.78 is 18.4. The predicted octanol–water partition coefficient (Wildman–Crippen LogP) is 0.582. The van der Waals surface area contributed by atoms with Gasteiger partial charge in [0.1, 0.15) is 5.82 Å². The number of amides is 1. The van der Waals surface area contributed by atoms with Crippen LogP contribution in [-0.2, 0) is 17.9 Å². The number of hydrogen-bond acceptors (Lipinski definition) is 4. The number of carbonyl (C=O) groups excluding carboxylic acids is 1. The lowest BCUT2D eigenvalue weighted by Crippen LogP contribution is -2.32. The van der Waals surface area contributed by atoms with Gasteiger partial charge in [-0.3, -0.25) is 4.79 Å². The largest absolute Gasteiger partial charge is 0.488 e. The summed E-state index contributed by atoms with van der Waals surface area (Å²) in [6.45, 7) is 0.793. The van der Waals surface area contributed by atoms with Gasteiger partial charge in [-0.05, 0) is 34.8 Å². The molecule has 0 bridgehead atoms. The van der Waals surface area contributed by atoms with Crippen LogP contribution in [0.4, 0.5) is 4.39 Å². The second kappa shape index (κ2) is 7.87. The molecule has 0 aromatic heterocycles. The summed E-state index contributed by atoms with van der Waals surface area (Å²) in [7, 11) is -0.212. The molecule has 0 saturated carbocycles. The second-order valence-electron chi connectivity index (χ2n) is 5.08. The molecule has 2 aromatic rings. The van der Waals surface area contributed by atoms with Crippen molar-refractivity contribution >= 4 is 18.5 Å². The summed E-state index contributed by atoms with van der Waals surface area (Å²) >= 11 is 0. The number of methoxy groups -OCH3 is 1. The van der Waals surface area contributed by atoms with Crippen LogP contribution >= 0.6 is 0 Å². The normalized spacial score (nSPS) is 10.4. The van der Waals surface area contributed by atoms with Gasteiger partial charge in [0.2, 0.25) is 0 Å². The Morgan fingerprint density at radius 1 is 1.17 bits per heavy atom. The molecule has 2 aromatic carbocycles. The Labute approximate surface area is 133 Å². The van der Waals surface area contributed by atoms with Crippen molar-refractivity contribution in [3.05, 3.63) is 65.0 Å². The Morgan fingerprint density at radius 3 is 2.43 bits per heavy atom. The molecular weight excluding hydrogens is 300 g/mol. The van der Waals surface area contributed by atoms with Crippen LogP contribution in [0.25, 0.3) is 0 Å². The molecule has 0 atom stereocenters. The third kappa shape index (κ3) is 4.89. The fourth-order valence-electron chi connectivity index (χ4n) is 2.10. The van der Waals surface area contributed by atoms with Crippen LogP contribution in [-0.4, -0.2) is 30.2 Å². The molecule has 120 valence electrons. The Hall–Kier alpha value is -2.22. The van der Waals surface area contributed by atoms with Gasteiger partial charge in [-0.2, -0.15) is 0 Å². The summed E-state index contributed by atoms with van der Waals surface area (Å²) in [6, 6.07) is 10.8. The van der Waals surface area contributed by atoms with E-state index in [0.717, 1.165) is 23.3 Å². The van der Waals surface area contributed by atoms with Crippen LogP contribution in [0.1, 0.15) is 21.5 Å². The number of rotatable bonds is 6. The van der Waals surface area contributed by atoms with E-state index in [1.54, 1.807) is 7.11 Å². The molecule has 0 spiro atoms. The number of carbonyl (C=O) groups is 1. The molecular formula is C16H17BFNO4. The maximum absolute atomic E-state index is 13.4. The highest BCUT2D eigenvalue weighted by Gasteiger charge is 2.16. The predicted molar refractivity (Wildman–Crippen MR) is 84.6 cm³/mol. The topological polar surface area (TPSA) is 78.8 Å². The van der Waals surface area contributed by atoms with Crippen molar-refractivity contribution in [3.63, 3.8) is 0 Å². The molecule has 0 aliphatic rings. The van der Waals surface area contributed by atoms with Gasteiger partial charge in [-0.25, -0.2) is 4.39 Å². The zero-order valence-electron chi connectivity index (χ0n) is 12.6. The zero-order chi connectivity index (χ0) is 16.8. The molecule has 23 heavy (non-hydrogen) atoms. The highest BCUT2D eigenvalue weighted by atomic mass is 19.1. The average molecular weight is 317 g/mol. The van der Waals surface area contributed by atoms with E-state index in [4.69, 9.17) is 14.8 Å². The van der Waals surface area contributed by atoms with Crippen molar-refractivity contribution in [1.29, 1.82) is 0 Å². The number of benzene rings is 2. The van der Waals surface area contributed by atoms with Crippen molar-refractivity contribution in [3.8, 4) is 0 Å². The van der Waals surface area contributed by atoms with E-state index in [0.29, 0.717) is 6.61 Å². The van der Waals surface area contributed by atoms with E-state index in [2.05, 4.69) is 5.32 Å². The van der Waals surface area contributed by atoms with Gasteiger partial charge in [0.15, 0.2) is 0 Å². The van der Waals surface area contributed by atoms with E-state index >= 15 is 0 Å². The SMILES string of the molecule is COCc1ccc(CNC(=O)c2cc(F)cc(B(O)O)c2)cc1. The molecule has 5 nitrogen and oxygen atoms in total. The number of ether oxygens (including phenoxy) is 1. The smallest absolute Gasteiger partial charge is 0.423 e. The van der Waals surface area contributed by atoms with E-state index in [1.165, 1.54) is 6.07 Å². The molecule has 3 N–H and O–H groups in total. The molecule has 0 unspecified atom stereocenters. The summed E-state index contributed by atoms with van der Waals surface area (Å²) in [5.74, 6) is -1.20. The second-order valence-corrected chi connectivity index (χ2v) is 5.08. The lowest BCUT2D eigenvalue weighted by Gasteiger charge is -2.08. The molecule has 1 amide bonds. The Morgan fingerprint density at radius 2 is 1.83 bits per heavy atom. The maximum atomic E-state index is 13.4. The fourth-order valence-corrected chi connectivity index (χ4v) is 2.10. The monoisotopic (exact) mass is 317 g/mol. The quantitative estimate of drug-likeness (QED) is 0.681. The Bertz CT molecular complexity index is 676. The van der Waals surface area contributed by atoms with Crippen molar-refractivity contribution in [2.75, 3.05) is 7.11 Å². The summed E-state index contributed by atoms with van der Waals surface area (Å²) in [4.78, 5) is 12.1. The molecule has 0 aliphatic heterocycles. The molecule has 0 fully saturated rings. The number of hydrogen-bond donors (Lipinski definition) is 3. The van der Waals surface area contributed by atoms with E-state index < -0.39 is 18.8 Å². The van der Waals surface area contributed by atoms with Gasteiger partial charge in [0, 0.05) is 19.2 Å². The van der Waals surface area contributed by atoms with Crippen molar-refractivity contribution in [2.45, 2.75) is 13.2 Å². The lowest BCUT2D eigenvalue weighted by molar-refractivity contribution is 0.0950. The first-order valence-electron chi connectivity index (χ1n) is 7.01. The van der Waals surface area contributed by atoms with Crippen LogP contribution in [0.5, 0.6) is 0 Å². The summed E-state index contributed by atoms with van der Waals surface area (Å²) in [5, 5.41) is 20.8. The van der Waals surface area contributed by atoms with Gasteiger partial charge in [-0.15, -0.1) is 0 Å². The van der Waals surface area contributed by atoms with Crippen LogP contribution < -0.4 is 10.8 Å². The van der Waals surface area contributed by atoms with Gasteiger partial charge >= 0.3 is 7.12 Å². The Kier molecular flexibility index (Phi) is 5.87. The lowest BCUT2D eigenvalue weighted by atomic mass is 9.79. The minimum Gasteiger partial charge on any atom is -0.423 e. The van der Waals surface area contributed by atoms with E-state index in [-0.39, 0.29) is 17.6 Å². The highest BCUT2D eigenvalue weighted by Crippen LogP contribution is 2.07. The van der Waals surface area contributed by atoms with Crippen molar-refractivity contribution in [1.82, 2.24) is 5.32 Å². The van der Waals surface area contributed by atoms with Crippen molar-refractivity contribution in [2.24, 2.45) is 0 Å². The van der Waals surface area contributed by atoms with Gasteiger partial charge in [-0.1, -0.05) is 24.3 Å². The van der Waals surface area contributed by atoms with Crippen LogP contribution in [0.3, 0.4) is 0 Å². The zero-order valence-corrected chi connectivity index (χ0v) is 12.6. The first kappa shape index (κ1) is 17.1. The highest BCUT2D eigenvalue weighted by molar-refractivity contribution is 6.58. The minimum absolute atomic E-state index is 0.0316. The molecule has 0 aliphatic carbocycles. The van der Waals surface area contributed by atoms with Crippen LogP contribution in [0, 0.1) is 5.82 Å². The van der Waals surface area contributed by atoms with Crippen LogP contribution in [0.15, 0.2) is 42.5 Å². The molecule has 0 heterocycles. The third-order valence-electron chi connectivity index (χ3n) is 3.27. The standard InChI is InChI=1S/C16H17BFNO4/c1-23-10-12-4-2-11(3-5-12)9-19-16(20)13-6-14(17(21)22)8-15(18)7-13/h2-8,21-22H,9-10H2,1H3,(H,19,20). The van der Waals surface area contributed by atoms with Gasteiger partial charge in [0.25, 0.3) is 5.91 Å². The van der Waals surface area contributed by atoms with Crippen molar-refractivity contribution < 1.29 is 24.0 Å². The van der Waals surface area contributed by atoms with Gasteiger partial charge in [0.05, 0.1) is 6.61 Å². The molecule has 2 rings (SSSR count). The molecule has 0 radical (unpaired) electrons. The third-order valence-corrected chi connectivity index (χ3v) is 3.27. The fraction of sp³-hybridized carbons (Fsp3) is 0.188. The van der Waals surface area contributed by atoms with Gasteiger partial charge < -0.3 is 20.1 Å². The number of halogens is 1. The maximum Gasteiger partial charge on any atom is 0.488 e. The Balaban J connectivity index is 2.02. The van der Waals surface area contributed by atoms with Crippen LogP contribution in [0.2, 0.25) is 0 Å². The molecule has 7 heteroatoms. The first-order valence-corrected chi connectivity index (χ1v) is 7.01.